The number of rotatable bonds is 3. The maximum atomic E-state index is 6.16. The Morgan fingerprint density at radius 2 is 1.85 bits per heavy atom. The molecule has 4 rings (SSSR count). The second-order valence-electron chi connectivity index (χ2n) is 6.41. The SMILES string of the molecule is CCN1C(=Cc2ccc3cc(Cl)ccc3[n+]2CC)C=Cc2ccccc21. The highest BCUT2D eigenvalue weighted by molar-refractivity contribution is 6.31. The van der Waals surface area contributed by atoms with Crippen molar-refractivity contribution in [3.63, 3.8) is 0 Å². The van der Waals surface area contributed by atoms with E-state index in [-0.39, 0.29) is 0 Å². The number of fused-ring (bicyclic) bond motifs is 2. The topological polar surface area (TPSA) is 7.12 Å². The van der Waals surface area contributed by atoms with E-state index in [0.717, 1.165) is 18.1 Å². The van der Waals surface area contributed by atoms with Gasteiger partial charge in [-0.1, -0.05) is 35.9 Å². The molecule has 0 fully saturated rings. The fourth-order valence-electron chi connectivity index (χ4n) is 3.70. The smallest absolute Gasteiger partial charge is 0.213 e. The van der Waals surface area contributed by atoms with Crippen molar-refractivity contribution in [2.45, 2.75) is 20.4 Å². The van der Waals surface area contributed by atoms with E-state index in [4.69, 9.17) is 11.6 Å². The van der Waals surface area contributed by atoms with Crippen LogP contribution in [0.1, 0.15) is 25.1 Å². The third kappa shape index (κ3) is 2.91. The molecule has 130 valence electrons. The molecule has 0 amide bonds. The molecule has 1 aliphatic rings. The van der Waals surface area contributed by atoms with Crippen LogP contribution in [0.2, 0.25) is 5.02 Å². The van der Waals surface area contributed by atoms with E-state index in [1.807, 2.05) is 12.1 Å². The summed E-state index contributed by atoms with van der Waals surface area (Å²) in [6.45, 7) is 6.21. The number of pyridine rings is 1. The van der Waals surface area contributed by atoms with Crippen LogP contribution in [-0.2, 0) is 6.54 Å². The van der Waals surface area contributed by atoms with E-state index in [1.54, 1.807) is 0 Å². The quantitative estimate of drug-likeness (QED) is 0.543. The number of aryl methyl sites for hydroxylation is 1. The first-order valence-electron chi connectivity index (χ1n) is 9.09. The molecule has 2 heterocycles. The van der Waals surface area contributed by atoms with Gasteiger partial charge in [0.1, 0.15) is 6.54 Å². The van der Waals surface area contributed by atoms with Crippen molar-refractivity contribution in [2.75, 3.05) is 11.4 Å². The molecule has 2 nitrogen and oxygen atoms in total. The highest BCUT2D eigenvalue weighted by Crippen LogP contribution is 2.31. The first-order valence-corrected chi connectivity index (χ1v) is 9.47. The van der Waals surface area contributed by atoms with Crippen LogP contribution in [0.5, 0.6) is 0 Å². The van der Waals surface area contributed by atoms with Gasteiger partial charge in [-0.2, -0.15) is 4.57 Å². The van der Waals surface area contributed by atoms with E-state index in [1.165, 1.54) is 33.5 Å². The Morgan fingerprint density at radius 3 is 2.65 bits per heavy atom. The summed E-state index contributed by atoms with van der Waals surface area (Å²) in [7, 11) is 0. The second kappa shape index (κ2) is 6.97. The molecule has 26 heavy (non-hydrogen) atoms. The van der Waals surface area contributed by atoms with Crippen LogP contribution in [0.25, 0.3) is 23.1 Å². The second-order valence-corrected chi connectivity index (χ2v) is 6.85. The summed E-state index contributed by atoms with van der Waals surface area (Å²) in [5, 5.41) is 1.94. The molecule has 2 aromatic carbocycles. The first kappa shape index (κ1) is 16.9. The minimum Gasteiger partial charge on any atom is -0.341 e. The van der Waals surface area contributed by atoms with E-state index < -0.39 is 0 Å². The number of benzene rings is 2. The van der Waals surface area contributed by atoms with Crippen molar-refractivity contribution in [1.29, 1.82) is 0 Å². The molecule has 0 aliphatic carbocycles. The number of allylic oxidation sites excluding steroid dienone is 1. The Labute approximate surface area is 159 Å². The fourth-order valence-corrected chi connectivity index (χ4v) is 3.88. The molecule has 0 radical (unpaired) electrons. The molecule has 1 aromatic heterocycles. The average molecular weight is 362 g/mol. The molecular weight excluding hydrogens is 340 g/mol. The van der Waals surface area contributed by atoms with E-state index in [2.05, 4.69) is 84.0 Å². The molecule has 0 atom stereocenters. The summed E-state index contributed by atoms with van der Waals surface area (Å²) in [5.74, 6) is 0. The van der Waals surface area contributed by atoms with Crippen molar-refractivity contribution in [3.05, 3.63) is 82.7 Å². The molecule has 0 unspecified atom stereocenters. The highest BCUT2D eigenvalue weighted by Gasteiger charge is 2.18. The number of aromatic nitrogens is 1. The Bertz CT molecular complexity index is 1030. The lowest BCUT2D eigenvalue weighted by molar-refractivity contribution is -0.669. The summed E-state index contributed by atoms with van der Waals surface area (Å²) in [4.78, 5) is 2.36. The minimum absolute atomic E-state index is 0.773. The molecule has 3 heteroatoms. The monoisotopic (exact) mass is 361 g/mol. The lowest BCUT2D eigenvalue weighted by atomic mass is 10.0. The molecular formula is C23H22ClN2+. The summed E-state index contributed by atoms with van der Waals surface area (Å²) < 4.78 is 2.33. The molecule has 0 saturated heterocycles. The van der Waals surface area contributed by atoms with Gasteiger partial charge in [-0.25, -0.2) is 0 Å². The fraction of sp³-hybridized carbons (Fsp3) is 0.174. The zero-order chi connectivity index (χ0) is 18.1. The maximum absolute atomic E-state index is 6.16. The largest absolute Gasteiger partial charge is 0.341 e. The van der Waals surface area contributed by atoms with Crippen LogP contribution >= 0.6 is 11.6 Å². The average Bonchev–Trinajstić information content (AvgIpc) is 2.67. The van der Waals surface area contributed by atoms with Gasteiger partial charge >= 0.3 is 0 Å². The van der Waals surface area contributed by atoms with Crippen LogP contribution in [0, 0.1) is 0 Å². The Morgan fingerprint density at radius 1 is 1.00 bits per heavy atom. The lowest BCUT2D eigenvalue weighted by Gasteiger charge is -2.29. The zero-order valence-corrected chi connectivity index (χ0v) is 15.9. The summed E-state index contributed by atoms with van der Waals surface area (Å²) >= 11 is 6.16. The van der Waals surface area contributed by atoms with Crippen molar-refractivity contribution in [3.8, 4) is 0 Å². The van der Waals surface area contributed by atoms with Crippen LogP contribution in [-0.4, -0.2) is 6.54 Å². The molecule has 1 aliphatic heterocycles. The van der Waals surface area contributed by atoms with Crippen LogP contribution in [0.15, 0.2) is 66.4 Å². The van der Waals surface area contributed by atoms with Crippen LogP contribution in [0.3, 0.4) is 0 Å². The van der Waals surface area contributed by atoms with Gasteiger partial charge in [0.2, 0.25) is 11.2 Å². The minimum atomic E-state index is 0.773. The molecule has 0 bridgehead atoms. The summed E-state index contributed by atoms with van der Waals surface area (Å²) in [6.07, 6.45) is 6.68. The predicted octanol–water partition coefficient (Wildman–Crippen LogP) is 5.69. The lowest BCUT2D eigenvalue weighted by Crippen LogP contribution is -2.37. The highest BCUT2D eigenvalue weighted by atomic mass is 35.5. The van der Waals surface area contributed by atoms with E-state index >= 15 is 0 Å². The first-order chi connectivity index (χ1) is 12.7. The Hall–Kier alpha value is -2.58. The van der Waals surface area contributed by atoms with Gasteiger partial charge in [-0.15, -0.1) is 0 Å². The molecule has 0 saturated carbocycles. The standard InChI is InChI=1S/C23H22ClN2/c1-3-25-20(12-9-17-7-5-6-8-22(17)25)16-21-13-10-18-15-19(24)11-14-23(18)26(21)4-2/h5-16H,3-4H2,1-2H3/q+1. The van der Waals surface area contributed by atoms with Crippen molar-refractivity contribution in [1.82, 2.24) is 0 Å². The zero-order valence-electron chi connectivity index (χ0n) is 15.1. The van der Waals surface area contributed by atoms with Crippen molar-refractivity contribution < 1.29 is 4.57 Å². The third-order valence-electron chi connectivity index (χ3n) is 4.93. The Balaban J connectivity index is 1.85. The normalized spacial score (nSPS) is 14.9. The van der Waals surface area contributed by atoms with Gasteiger partial charge in [-0.3, -0.25) is 0 Å². The number of para-hydroxylation sites is 1. The molecule has 0 N–H and O–H groups in total. The number of nitrogens with zero attached hydrogens (tertiary/aromatic N) is 2. The van der Waals surface area contributed by atoms with Gasteiger partial charge in [0, 0.05) is 46.5 Å². The number of halogens is 1. The van der Waals surface area contributed by atoms with Gasteiger partial charge < -0.3 is 4.90 Å². The number of hydrogen-bond donors (Lipinski definition) is 0. The van der Waals surface area contributed by atoms with Gasteiger partial charge in [0.05, 0.1) is 0 Å². The van der Waals surface area contributed by atoms with E-state index in [0.29, 0.717) is 0 Å². The summed E-state index contributed by atoms with van der Waals surface area (Å²) in [5.41, 5.74) is 6.14. The van der Waals surface area contributed by atoms with Gasteiger partial charge in [0.15, 0.2) is 0 Å². The predicted molar refractivity (Wildman–Crippen MR) is 111 cm³/mol. The number of hydrogen-bond acceptors (Lipinski definition) is 1. The van der Waals surface area contributed by atoms with Crippen molar-refractivity contribution >= 4 is 40.3 Å². The van der Waals surface area contributed by atoms with Crippen LogP contribution in [0.4, 0.5) is 5.69 Å². The van der Waals surface area contributed by atoms with Crippen molar-refractivity contribution in [2.24, 2.45) is 0 Å². The molecule has 0 spiro atoms. The Kier molecular flexibility index (Phi) is 4.52. The van der Waals surface area contributed by atoms with Crippen LogP contribution < -0.4 is 9.47 Å². The third-order valence-corrected chi connectivity index (χ3v) is 5.16. The van der Waals surface area contributed by atoms with Gasteiger partial charge in [0.25, 0.3) is 0 Å². The number of anilines is 1. The molecule has 3 aromatic rings. The van der Waals surface area contributed by atoms with E-state index in [9.17, 15) is 0 Å². The summed E-state index contributed by atoms with van der Waals surface area (Å²) in [6, 6.07) is 19.0. The number of likely N-dealkylation sites (N-methyl/N-ethyl adjacent to an activating group) is 1. The van der Waals surface area contributed by atoms with Gasteiger partial charge in [-0.05, 0) is 49.8 Å². The maximum Gasteiger partial charge on any atom is 0.213 e.